The van der Waals surface area contributed by atoms with Gasteiger partial charge >= 0.3 is 0 Å². The molecule has 2 N–H and O–H groups in total. The van der Waals surface area contributed by atoms with Gasteiger partial charge in [0.05, 0.1) is 5.02 Å². The second-order valence-corrected chi connectivity index (χ2v) is 4.50. The van der Waals surface area contributed by atoms with Gasteiger partial charge in [0.25, 0.3) is 5.91 Å². The van der Waals surface area contributed by atoms with E-state index in [9.17, 15) is 4.79 Å². The molecule has 19 heavy (non-hydrogen) atoms. The number of pyridine rings is 1. The van der Waals surface area contributed by atoms with Crippen molar-refractivity contribution in [1.82, 2.24) is 9.97 Å². The van der Waals surface area contributed by atoms with Crippen LogP contribution in [0, 0.1) is 0 Å². The Bertz CT molecular complexity index is 734. The topological polar surface area (TPSA) is 57.8 Å². The number of nitrogens with zero attached hydrogens (tertiary/aromatic N) is 1. The molecule has 0 saturated carbocycles. The van der Waals surface area contributed by atoms with Gasteiger partial charge in [-0.15, -0.1) is 0 Å². The summed E-state index contributed by atoms with van der Waals surface area (Å²) in [6, 6.07) is 10.8. The first-order valence-electron chi connectivity index (χ1n) is 5.73. The first-order valence-corrected chi connectivity index (χ1v) is 6.11. The Morgan fingerprint density at radius 1 is 1.21 bits per heavy atom. The van der Waals surface area contributed by atoms with E-state index in [4.69, 9.17) is 11.6 Å². The average Bonchev–Trinajstić information content (AvgIpc) is 2.89. The molecule has 2 aromatic heterocycles. The Balaban J connectivity index is 1.92. The minimum Gasteiger partial charge on any atom is -0.361 e. The predicted molar refractivity (Wildman–Crippen MR) is 75.5 cm³/mol. The minimum absolute atomic E-state index is 0.194. The molecule has 0 fully saturated rings. The van der Waals surface area contributed by atoms with Crippen LogP contribution in [0.3, 0.4) is 0 Å². The zero-order chi connectivity index (χ0) is 13.2. The number of carbonyl (C=O) groups is 1. The maximum Gasteiger partial charge on any atom is 0.257 e. The van der Waals surface area contributed by atoms with E-state index in [0.29, 0.717) is 16.4 Å². The van der Waals surface area contributed by atoms with Crippen LogP contribution >= 0.6 is 11.6 Å². The highest BCUT2D eigenvalue weighted by atomic mass is 35.5. The second-order valence-electron chi connectivity index (χ2n) is 4.06. The first kappa shape index (κ1) is 11.7. The van der Waals surface area contributed by atoms with Crippen molar-refractivity contribution >= 4 is 34.2 Å². The van der Waals surface area contributed by atoms with Crippen molar-refractivity contribution in [1.29, 1.82) is 0 Å². The smallest absolute Gasteiger partial charge is 0.257 e. The molecule has 0 bridgehead atoms. The Hall–Kier alpha value is -2.33. The molecule has 0 unspecified atom stereocenters. The van der Waals surface area contributed by atoms with Crippen molar-refractivity contribution in [3.8, 4) is 0 Å². The summed E-state index contributed by atoms with van der Waals surface area (Å²) in [6.45, 7) is 0. The number of aromatic nitrogens is 2. The lowest BCUT2D eigenvalue weighted by Gasteiger charge is -2.05. The molecule has 1 aromatic carbocycles. The minimum atomic E-state index is -0.194. The SMILES string of the molecule is O=C(Nc1ccc(Cl)cn1)c1cccc2[nH]ccc12. The van der Waals surface area contributed by atoms with E-state index in [1.54, 1.807) is 18.2 Å². The molecule has 0 aliphatic heterocycles. The van der Waals surface area contributed by atoms with E-state index < -0.39 is 0 Å². The number of hydrogen-bond acceptors (Lipinski definition) is 2. The number of halogens is 1. The third-order valence-electron chi connectivity index (χ3n) is 2.81. The van der Waals surface area contributed by atoms with Gasteiger partial charge in [0, 0.05) is 28.9 Å². The van der Waals surface area contributed by atoms with E-state index in [1.807, 2.05) is 24.4 Å². The van der Waals surface area contributed by atoms with Gasteiger partial charge in [-0.1, -0.05) is 17.7 Å². The number of amides is 1. The standard InChI is InChI=1S/C14H10ClN3O/c15-9-4-5-13(17-8-9)18-14(19)11-2-1-3-12-10(11)6-7-16-12/h1-8,16H,(H,17,18,19). The number of aromatic amines is 1. The van der Waals surface area contributed by atoms with Crippen LogP contribution in [0.5, 0.6) is 0 Å². The summed E-state index contributed by atoms with van der Waals surface area (Å²) >= 11 is 5.75. The lowest BCUT2D eigenvalue weighted by molar-refractivity contribution is 0.102. The van der Waals surface area contributed by atoms with Gasteiger partial charge in [-0.3, -0.25) is 4.79 Å². The molecule has 0 atom stereocenters. The molecule has 5 heteroatoms. The number of H-pyrrole nitrogens is 1. The molecule has 94 valence electrons. The molecule has 3 aromatic rings. The summed E-state index contributed by atoms with van der Waals surface area (Å²) < 4.78 is 0. The lowest BCUT2D eigenvalue weighted by atomic mass is 10.1. The molecule has 0 aliphatic carbocycles. The fraction of sp³-hybridized carbons (Fsp3) is 0. The van der Waals surface area contributed by atoms with Gasteiger partial charge in [-0.2, -0.15) is 0 Å². The van der Waals surface area contributed by atoms with Crippen LogP contribution in [0.25, 0.3) is 10.9 Å². The normalized spacial score (nSPS) is 10.6. The van der Waals surface area contributed by atoms with Crippen molar-refractivity contribution in [2.24, 2.45) is 0 Å². The van der Waals surface area contributed by atoms with E-state index in [2.05, 4.69) is 15.3 Å². The van der Waals surface area contributed by atoms with Crippen LogP contribution in [-0.4, -0.2) is 15.9 Å². The van der Waals surface area contributed by atoms with Crippen molar-refractivity contribution in [3.05, 3.63) is 59.4 Å². The molecule has 1 amide bonds. The zero-order valence-electron chi connectivity index (χ0n) is 9.85. The van der Waals surface area contributed by atoms with E-state index >= 15 is 0 Å². The summed E-state index contributed by atoms with van der Waals surface area (Å²) in [5.41, 5.74) is 1.53. The molecule has 0 radical (unpaired) electrons. The molecule has 2 heterocycles. The molecule has 0 aliphatic rings. The van der Waals surface area contributed by atoms with E-state index in [-0.39, 0.29) is 5.91 Å². The fourth-order valence-electron chi connectivity index (χ4n) is 1.92. The Morgan fingerprint density at radius 3 is 2.89 bits per heavy atom. The molecule has 0 saturated heterocycles. The predicted octanol–water partition coefficient (Wildman–Crippen LogP) is 3.47. The van der Waals surface area contributed by atoms with Crippen LogP contribution in [0.4, 0.5) is 5.82 Å². The Kier molecular flexibility index (Phi) is 2.93. The van der Waals surface area contributed by atoms with E-state index in [0.717, 1.165) is 10.9 Å². The van der Waals surface area contributed by atoms with Crippen molar-refractivity contribution in [2.45, 2.75) is 0 Å². The van der Waals surface area contributed by atoms with Crippen molar-refractivity contribution in [2.75, 3.05) is 5.32 Å². The third-order valence-corrected chi connectivity index (χ3v) is 3.03. The summed E-state index contributed by atoms with van der Waals surface area (Å²) in [5.74, 6) is 0.280. The van der Waals surface area contributed by atoms with Crippen LogP contribution in [0.2, 0.25) is 5.02 Å². The maximum atomic E-state index is 12.2. The van der Waals surface area contributed by atoms with Crippen LogP contribution in [-0.2, 0) is 0 Å². The van der Waals surface area contributed by atoms with Crippen LogP contribution in [0.15, 0.2) is 48.8 Å². The Labute approximate surface area is 114 Å². The number of anilines is 1. The van der Waals surface area contributed by atoms with Crippen LogP contribution < -0.4 is 5.32 Å². The molecular weight excluding hydrogens is 262 g/mol. The highest BCUT2D eigenvalue weighted by Gasteiger charge is 2.10. The number of nitrogens with one attached hydrogen (secondary N) is 2. The largest absolute Gasteiger partial charge is 0.361 e. The van der Waals surface area contributed by atoms with Gasteiger partial charge in [0.1, 0.15) is 5.82 Å². The third kappa shape index (κ3) is 2.30. The maximum absolute atomic E-state index is 12.2. The van der Waals surface area contributed by atoms with Gasteiger partial charge < -0.3 is 10.3 Å². The van der Waals surface area contributed by atoms with Crippen LogP contribution in [0.1, 0.15) is 10.4 Å². The van der Waals surface area contributed by atoms with Crippen molar-refractivity contribution in [3.63, 3.8) is 0 Å². The molecule has 4 nitrogen and oxygen atoms in total. The van der Waals surface area contributed by atoms with Gasteiger partial charge in [0.15, 0.2) is 0 Å². The number of fused-ring (bicyclic) bond motifs is 1. The lowest BCUT2D eigenvalue weighted by Crippen LogP contribution is -2.13. The molecule has 0 spiro atoms. The summed E-state index contributed by atoms with van der Waals surface area (Å²) in [4.78, 5) is 19.3. The average molecular weight is 272 g/mol. The fourth-order valence-corrected chi connectivity index (χ4v) is 2.03. The van der Waals surface area contributed by atoms with Gasteiger partial charge in [-0.05, 0) is 30.3 Å². The summed E-state index contributed by atoms with van der Waals surface area (Å²) in [5, 5.41) is 4.16. The monoisotopic (exact) mass is 271 g/mol. The van der Waals surface area contributed by atoms with Crippen molar-refractivity contribution < 1.29 is 4.79 Å². The number of carbonyl (C=O) groups excluding carboxylic acids is 1. The number of benzene rings is 1. The highest BCUT2D eigenvalue weighted by molar-refractivity contribution is 6.30. The quantitative estimate of drug-likeness (QED) is 0.750. The zero-order valence-corrected chi connectivity index (χ0v) is 10.6. The van der Waals surface area contributed by atoms with E-state index in [1.165, 1.54) is 6.20 Å². The van der Waals surface area contributed by atoms with Gasteiger partial charge in [-0.25, -0.2) is 4.98 Å². The van der Waals surface area contributed by atoms with Gasteiger partial charge in [0.2, 0.25) is 0 Å². The number of rotatable bonds is 2. The molecule has 3 rings (SSSR count). The highest BCUT2D eigenvalue weighted by Crippen LogP contribution is 2.18. The Morgan fingerprint density at radius 2 is 2.11 bits per heavy atom. The second kappa shape index (κ2) is 4.74. The molecular formula is C14H10ClN3O. The first-order chi connectivity index (χ1) is 9.24. The summed E-state index contributed by atoms with van der Waals surface area (Å²) in [6.07, 6.45) is 3.30. The number of hydrogen-bond donors (Lipinski definition) is 2. The summed E-state index contributed by atoms with van der Waals surface area (Å²) in [7, 11) is 0.